The Kier molecular flexibility index (Phi) is 4.80. The summed E-state index contributed by atoms with van der Waals surface area (Å²) in [5, 5.41) is 10.1. The normalized spacial score (nSPS) is 19.3. The molecule has 1 fully saturated rings. The molecule has 1 aliphatic rings. The summed E-state index contributed by atoms with van der Waals surface area (Å²) in [5.41, 5.74) is 0.971. The van der Waals surface area contributed by atoms with Crippen LogP contribution in [0.5, 0.6) is 0 Å². The highest BCUT2D eigenvalue weighted by Gasteiger charge is 2.28. The summed E-state index contributed by atoms with van der Waals surface area (Å²) in [5.74, 6) is -0.760. The summed E-state index contributed by atoms with van der Waals surface area (Å²) >= 11 is 5.95. The number of rotatable bonds is 4. The van der Waals surface area contributed by atoms with Crippen molar-refractivity contribution in [1.82, 2.24) is 9.80 Å². The number of halogens is 1. The first kappa shape index (κ1) is 14.3. The van der Waals surface area contributed by atoms with Gasteiger partial charge in [0.15, 0.2) is 0 Å². The van der Waals surface area contributed by atoms with Gasteiger partial charge < -0.3 is 10.0 Å². The zero-order chi connectivity index (χ0) is 13.8. The average Bonchev–Trinajstić information content (AvgIpc) is 2.37. The van der Waals surface area contributed by atoms with Crippen LogP contribution in [-0.2, 0) is 11.2 Å². The third-order valence-electron chi connectivity index (χ3n) is 3.58. The van der Waals surface area contributed by atoms with E-state index in [9.17, 15) is 9.90 Å². The van der Waals surface area contributed by atoms with Crippen molar-refractivity contribution in [1.29, 1.82) is 0 Å². The van der Waals surface area contributed by atoms with E-state index >= 15 is 0 Å². The third kappa shape index (κ3) is 3.93. The smallest absolute Gasteiger partial charge is 0.321 e. The van der Waals surface area contributed by atoms with Crippen LogP contribution in [0.15, 0.2) is 24.3 Å². The van der Waals surface area contributed by atoms with Crippen LogP contribution in [0.4, 0.5) is 0 Å². The van der Waals surface area contributed by atoms with E-state index < -0.39 is 12.0 Å². The second kappa shape index (κ2) is 6.37. The first-order chi connectivity index (χ1) is 9.06. The summed E-state index contributed by atoms with van der Waals surface area (Å²) < 4.78 is 0. The molecule has 0 aromatic heterocycles. The number of carboxylic acids is 1. The van der Waals surface area contributed by atoms with Crippen molar-refractivity contribution >= 4 is 17.6 Å². The van der Waals surface area contributed by atoms with Gasteiger partial charge in [0, 0.05) is 31.2 Å². The van der Waals surface area contributed by atoms with E-state index in [0.717, 1.165) is 31.7 Å². The zero-order valence-electron chi connectivity index (χ0n) is 11.1. The molecule has 0 saturated carbocycles. The van der Waals surface area contributed by atoms with Crippen molar-refractivity contribution in [3.05, 3.63) is 34.9 Å². The molecule has 1 saturated heterocycles. The van der Waals surface area contributed by atoms with Gasteiger partial charge in [0.05, 0.1) is 0 Å². The van der Waals surface area contributed by atoms with E-state index in [2.05, 4.69) is 11.9 Å². The Morgan fingerprint density at radius 1 is 1.37 bits per heavy atom. The fourth-order valence-corrected chi connectivity index (χ4v) is 2.61. The van der Waals surface area contributed by atoms with Crippen LogP contribution in [-0.4, -0.2) is 60.1 Å². The lowest BCUT2D eigenvalue weighted by molar-refractivity contribution is -0.144. The van der Waals surface area contributed by atoms with E-state index in [1.807, 2.05) is 23.1 Å². The zero-order valence-corrected chi connectivity index (χ0v) is 11.8. The Bertz CT molecular complexity index is 445. The molecule has 0 aliphatic carbocycles. The molecule has 104 valence electrons. The molecule has 1 unspecified atom stereocenters. The molecule has 4 nitrogen and oxygen atoms in total. The predicted molar refractivity (Wildman–Crippen MR) is 75.6 cm³/mol. The summed E-state index contributed by atoms with van der Waals surface area (Å²) in [6, 6.07) is 6.97. The lowest BCUT2D eigenvalue weighted by atomic mass is 10.0. The van der Waals surface area contributed by atoms with Gasteiger partial charge in [-0.1, -0.05) is 23.7 Å². The standard InChI is InChI=1S/C14H19ClN2O2/c1-16-5-7-17(8-6-16)13(14(18)19)10-11-3-2-4-12(15)9-11/h2-4,9,13H,5-8,10H2,1H3,(H,18,19). The number of nitrogens with zero attached hydrogens (tertiary/aromatic N) is 2. The fourth-order valence-electron chi connectivity index (χ4n) is 2.39. The highest BCUT2D eigenvalue weighted by molar-refractivity contribution is 6.30. The van der Waals surface area contributed by atoms with Crippen molar-refractivity contribution in [2.24, 2.45) is 0 Å². The monoisotopic (exact) mass is 282 g/mol. The topological polar surface area (TPSA) is 43.8 Å². The molecule has 0 spiro atoms. The van der Waals surface area contributed by atoms with Gasteiger partial charge in [0.25, 0.3) is 0 Å². The first-order valence-corrected chi connectivity index (χ1v) is 6.84. The Balaban J connectivity index is 2.06. The van der Waals surface area contributed by atoms with Gasteiger partial charge in [0.1, 0.15) is 6.04 Å². The molecule has 0 bridgehead atoms. The number of aliphatic carboxylic acids is 1. The van der Waals surface area contributed by atoms with E-state index in [-0.39, 0.29) is 0 Å². The van der Waals surface area contributed by atoms with Crippen molar-refractivity contribution in [3.63, 3.8) is 0 Å². The van der Waals surface area contributed by atoms with Crippen molar-refractivity contribution < 1.29 is 9.90 Å². The van der Waals surface area contributed by atoms with Crippen LogP contribution in [0, 0.1) is 0 Å². The Morgan fingerprint density at radius 2 is 2.05 bits per heavy atom. The minimum absolute atomic E-state index is 0.466. The molecule has 0 radical (unpaired) electrons. The number of hydrogen-bond donors (Lipinski definition) is 1. The predicted octanol–water partition coefficient (Wildman–Crippen LogP) is 1.58. The first-order valence-electron chi connectivity index (χ1n) is 6.46. The minimum Gasteiger partial charge on any atom is -0.480 e. The number of likely N-dealkylation sites (N-methyl/N-ethyl adjacent to an activating group) is 1. The summed E-state index contributed by atoms with van der Waals surface area (Å²) in [6.45, 7) is 3.43. The van der Waals surface area contributed by atoms with Gasteiger partial charge in [-0.3, -0.25) is 9.69 Å². The number of hydrogen-bond acceptors (Lipinski definition) is 3. The highest BCUT2D eigenvalue weighted by Crippen LogP contribution is 2.16. The molecular formula is C14H19ClN2O2. The van der Waals surface area contributed by atoms with Gasteiger partial charge in [-0.05, 0) is 31.2 Å². The van der Waals surface area contributed by atoms with Crippen molar-refractivity contribution in [2.75, 3.05) is 33.2 Å². The van der Waals surface area contributed by atoms with Crippen molar-refractivity contribution in [2.45, 2.75) is 12.5 Å². The summed E-state index contributed by atoms with van der Waals surface area (Å²) in [6.07, 6.45) is 0.500. The number of carboxylic acid groups (broad SMARTS) is 1. The maximum absolute atomic E-state index is 11.5. The Hall–Kier alpha value is -1.10. The Morgan fingerprint density at radius 3 is 2.63 bits per heavy atom. The minimum atomic E-state index is -0.760. The second-order valence-electron chi connectivity index (χ2n) is 5.03. The average molecular weight is 283 g/mol. The summed E-state index contributed by atoms with van der Waals surface area (Å²) in [7, 11) is 2.06. The molecule has 19 heavy (non-hydrogen) atoms. The van der Waals surface area contributed by atoms with Crippen LogP contribution in [0.1, 0.15) is 5.56 Å². The van der Waals surface area contributed by atoms with Crippen LogP contribution in [0.25, 0.3) is 0 Å². The van der Waals surface area contributed by atoms with Gasteiger partial charge in [-0.25, -0.2) is 0 Å². The van der Waals surface area contributed by atoms with Gasteiger partial charge in [-0.2, -0.15) is 0 Å². The number of piperazine rings is 1. The van der Waals surface area contributed by atoms with Crippen LogP contribution >= 0.6 is 11.6 Å². The molecule has 1 N–H and O–H groups in total. The van der Waals surface area contributed by atoms with Gasteiger partial charge >= 0.3 is 5.97 Å². The Labute approximate surface area is 118 Å². The van der Waals surface area contributed by atoms with Crippen LogP contribution in [0.3, 0.4) is 0 Å². The van der Waals surface area contributed by atoms with Gasteiger partial charge in [0.2, 0.25) is 0 Å². The highest BCUT2D eigenvalue weighted by atomic mass is 35.5. The molecule has 0 amide bonds. The molecule has 1 aromatic carbocycles. The molecule has 1 aliphatic heterocycles. The SMILES string of the molecule is CN1CCN(C(Cc2cccc(Cl)c2)C(=O)O)CC1. The molecule has 5 heteroatoms. The van der Waals surface area contributed by atoms with E-state index in [1.54, 1.807) is 6.07 Å². The molecule has 1 heterocycles. The molecule has 1 atom stereocenters. The second-order valence-corrected chi connectivity index (χ2v) is 5.46. The molecular weight excluding hydrogens is 264 g/mol. The number of benzene rings is 1. The maximum Gasteiger partial charge on any atom is 0.321 e. The molecule has 2 rings (SSSR count). The third-order valence-corrected chi connectivity index (χ3v) is 3.82. The maximum atomic E-state index is 11.5. The van der Waals surface area contributed by atoms with Crippen LogP contribution < -0.4 is 0 Å². The quantitative estimate of drug-likeness (QED) is 0.911. The molecule has 1 aromatic rings. The largest absolute Gasteiger partial charge is 0.480 e. The fraction of sp³-hybridized carbons (Fsp3) is 0.500. The number of carbonyl (C=O) groups is 1. The van der Waals surface area contributed by atoms with E-state index in [4.69, 9.17) is 11.6 Å². The van der Waals surface area contributed by atoms with Crippen molar-refractivity contribution in [3.8, 4) is 0 Å². The van der Waals surface area contributed by atoms with Crippen LogP contribution in [0.2, 0.25) is 5.02 Å². The van der Waals surface area contributed by atoms with Gasteiger partial charge in [-0.15, -0.1) is 0 Å². The van der Waals surface area contributed by atoms with E-state index in [1.165, 1.54) is 0 Å². The summed E-state index contributed by atoms with van der Waals surface area (Å²) in [4.78, 5) is 15.7. The van der Waals surface area contributed by atoms with E-state index in [0.29, 0.717) is 11.4 Å². The lowest BCUT2D eigenvalue weighted by Gasteiger charge is -2.36. The lowest BCUT2D eigenvalue weighted by Crippen LogP contribution is -2.52.